The number of nitrogens with zero attached hydrogens (tertiary/aromatic N) is 2. The first-order valence-electron chi connectivity index (χ1n) is 6.04. The normalized spacial score (nSPS) is 13.2. The van der Waals surface area contributed by atoms with Gasteiger partial charge in [0, 0.05) is 17.9 Å². The van der Waals surface area contributed by atoms with E-state index >= 15 is 0 Å². The molecule has 2 aromatic carbocycles. The van der Waals surface area contributed by atoms with E-state index in [1.54, 1.807) is 18.2 Å². The highest BCUT2D eigenvalue weighted by Crippen LogP contribution is 2.37. The third-order valence-electron chi connectivity index (χ3n) is 3.37. The Hall–Kier alpha value is -2.54. The topological polar surface area (TPSA) is 53.1 Å². The molecule has 1 heterocycles. The molecule has 0 fully saturated rings. The molecule has 4 heteroatoms. The number of hydrogen-bond acceptors (Lipinski definition) is 3. The molecule has 0 atom stereocenters. The zero-order valence-electron chi connectivity index (χ0n) is 10.2. The summed E-state index contributed by atoms with van der Waals surface area (Å²) in [4.78, 5) is 1.97. The highest BCUT2D eigenvalue weighted by Gasteiger charge is 2.22. The summed E-state index contributed by atoms with van der Waals surface area (Å²) in [7, 11) is 0. The van der Waals surface area contributed by atoms with Gasteiger partial charge in [0.1, 0.15) is 11.9 Å². The van der Waals surface area contributed by atoms with Crippen LogP contribution in [0.2, 0.25) is 0 Å². The second-order valence-corrected chi connectivity index (χ2v) is 4.56. The summed E-state index contributed by atoms with van der Waals surface area (Å²) < 4.78 is 13.4. The van der Waals surface area contributed by atoms with Gasteiger partial charge in [0.2, 0.25) is 0 Å². The Morgan fingerprint density at radius 2 is 2.00 bits per heavy atom. The van der Waals surface area contributed by atoms with Crippen LogP contribution in [-0.4, -0.2) is 6.54 Å². The Kier molecular flexibility index (Phi) is 2.60. The van der Waals surface area contributed by atoms with E-state index in [-0.39, 0.29) is 5.82 Å². The lowest BCUT2D eigenvalue weighted by atomic mass is 10.1. The van der Waals surface area contributed by atoms with Gasteiger partial charge in [0.15, 0.2) is 0 Å². The molecule has 0 bridgehead atoms. The van der Waals surface area contributed by atoms with E-state index in [0.717, 1.165) is 29.9 Å². The number of fused-ring (bicyclic) bond motifs is 1. The first-order chi connectivity index (χ1) is 9.19. The van der Waals surface area contributed by atoms with Gasteiger partial charge in [-0.2, -0.15) is 5.26 Å². The van der Waals surface area contributed by atoms with Gasteiger partial charge in [-0.25, -0.2) is 4.39 Å². The van der Waals surface area contributed by atoms with Crippen LogP contribution in [0, 0.1) is 17.1 Å². The molecule has 0 unspecified atom stereocenters. The van der Waals surface area contributed by atoms with Gasteiger partial charge in [-0.05, 0) is 42.3 Å². The molecule has 2 aromatic rings. The number of halogens is 1. The Bertz CT molecular complexity index is 688. The molecule has 19 heavy (non-hydrogen) atoms. The molecule has 0 aliphatic carbocycles. The van der Waals surface area contributed by atoms with E-state index in [2.05, 4.69) is 6.07 Å². The second kappa shape index (κ2) is 4.29. The van der Waals surface area contributed by atoms with Crippen molar-refractivity contribution in [3.8, 4) is 6.07 Å². The first kappa shape index (κ1) is 11.5. The van der Waals surface area contributed by atoms with Gasteiger partial charge in [0.05, 0.1) is 11.3 Å². The minimum atomic E-state index is -0.264. The maximum Gasteiger partial charge on any atom is 0.125 e. The van der Waals surface area contributed by atoms with Crippen molar-refractivity contribution in [1.29, 1.82) is 5.26 Å². The van der Waals surface area contributed by atoms with Gasteiger partial charge in [0.25, 0.3) is 0 Å². The average Bonchev–Trinajstić information content (AvgIpc) is 2.81. The van der Waals surface area contributed by atoms with E-state index in [4.69, 9.17) is 5.73 Å². The van der Waals surface area contributed by atoms with Gasteiger partial charge < -0.3 is 10.6 Å². The fourth-order valence-electron chi connectivity index (χ4n) is 2.48. The monoisotopic (exact) mass is 253 g/mol. The number of hydrogen-bond donors (Lipinski definition) is 1. The van der Waals surface area contributed by atoms with Gasteiger partial charge >= 0.3 is 0 Å². The van der Waals surface area contributed by atoms with Crippen LogP contribution in [0.1, 0.15) is 11.1 Å². The zero-order chi connectivity index (χ0) is 13.4. The fourth-order valence-corrected chi connectivity index (χ4v) is 2.48. The molecule has 3 rings (SSSR count). The number of nitrogen functional groups attached to an aromatic ring is 1. The second-order valence-electron chi connectivity index (χ2n) is 4.56. The zero-order valence-corrected chi connectivity index (χ0v) is 10.2. The maximum atomic E-state index is 13.4. The summed E-state index contributed by atoms with van der Waals surface area (Å²) in [6.45, 7) is 0.747. The Balaban J connectivity index is 2.12. The minimum absolute atomic E-state index is 0.264. The molecule has 0 saturated heterocycles. The molecule has 1 aliphatic rings. The van der Waals surface area contributed by atoms with Crippen molar-refractivity contribution in [3.63, 3.8) is 0 Å². The summed E-state index contributed by atoms with van der Waals surface area (Å²) in [5.41, 5.74) is 9.47. The van der Waals surface area contributed by atoms with Gasteiger partial charge in [-0.15, -0.1) is 0 Å². The van der Waals surface area contributed by atoms with Crippen LogP contribution in [-0.2, 0) is 6.42 Å². The Morgan fingerprint density at radius 1 is 1.16 bits per heavy atom. The number of nitriles is 1. The van der Waals surface area contributed by atoms with Crippen molar-refractivity contribution >= 4 is 17.1 Å². The molecular weight excluding hydrogens is 241 g/mol. The van der Waals surface area contributed by atoms with Crippen LogP contribution >= 0.6 is 0 Å². The molecule has 1 aliphatic heterocycles. The van der Waals surface area contributed by atoms with Crippen molar-refractivity contribution in [2.75, 3.05) is 17.2 Å². The molecule has 0 radical (unpaired) electrons. The lowest BCUT2D eigenvalue weighted by molar-refractivity contribution is 0.628. The van der Waals surface area contributed by atoms with Crippen LogP contribution in [0.25, 0.3) is 0 Å². The largest absolute Gasteiger partial charge is 0.399 e. The number of anilines is 3. The van der Waals surface area contributed by atoms with Crippen LogP contribution in [0.15, 0.2) is 36.4 Å². The maximum absolute atomic E-state index is 13.4. The number of benzene rings is 2. The van der Waals surface area contributed by atoms with Gasteiger partial charge in [-0.3, -0.25) is 0 Å². The SMILES string of the molecule is N#Cc1cc(N)ccc1N1CCc2ccc(F)cc21. The predicted octanol–water partition coefficient (Wildman–Crippen LogP) is 2.97. The lowest BCUT2D eigenvalue weighted by Gasteiger charge is -2.21. The first-order valence-corrected chi connectivity index (χ1v) is 6.04. The highest BCUT2D eigenvalue weighted by atomic mass is 19.1. The summed E-state index contributed by atoms with van der Waals surface area (Å²) in [6, 6.07) is 12.1. The van der Waals surface area contributed by atoms with Crippen molar-refractivity contribution < 1.29 is 4.39 Å². The number of rotatable bonds is 1. The van der Waals surface area contributed by atoms with Crippen molar-refractivity contribution in [3.05, 3.63) is 53.3 Å². The quantitative estimate of drug-likeness (QED) is 0.795. The van der Waals surface area contributed by atoms with Crippen molar-refractivity contribution in [2.24, 2.45) is 0 Å². The molecule has 0 spiro atoms. The van der Waals surface area contributed by atoms with Gasteiger partial charge in [-0.1, -0.05) is 6.07 Å². The van der Waals surface area contributed by atoms with Crippen LogP contribution in [0.3, 0.4) is 0 Å². The van der Waals surface area contributed by atoms with E-state index in [0.29, 0.717) is 11.3 Å². The van der Waals surface area contributed by atoms with Crippen molar-refractivity contribution in [2.45, 2.75) is 6.42 Å². The third kappa shape index (κ3) is 1.89. The van der Waals surface area contributed by atoms with E-state index in [1.807, 2.05) is 11.0 Å². The molecule has 94 valence electrons. The molecule has 0 amide bonds. The van der Waals surface area contributed by atoms with E-state index < -0.39 is 0 Å². The smallest absolute Gasteiger partial charge is 0.125 e. The average molecular weight is 253 g/mol. The van der Waals surface area contributed by atoms with Crippen molar-refractivity contribution in [1.82, 2.24) is 0 Å². The summed E-state index contributed by atoms with van der Waals surface area (Å²) >= 11 is 0. The van der Waals surface area contributed by atoms with Crippen LogP contribution < -0.4 is 10.6 Å². The summed E-state index contributed by atoms with van der Waals surface area (Å²) in [5, 5.41) is 9.20. The molecule has 0 saturated carbocycles. The van der Waals surface area contributed by atoms with Crippen LogP contribution in [0.5, 0.6) is 0 Å². The Labute approximate surface area is 110 Å². The molecule has 0 aromatic heterocycles. The number of nitrogens with two attached hydrogens (primary N) is 1. The summed E-state index contributed by atoms with van der Waals surface area (Å²) in [5.74, 6) is -0.264. The third-order valence-corrected chi connectivity index (χ3v) is 3.37. The Morgan fingerprint density at radius 3 is 2.79 bits per heavy atom. The van der Waals surface area contributed by atoms with E-state index in [9.17, 15) is 9.65 Å². The summed E-state index contributed by atoms with van der Waals surface area (Å²) in [6.07, 6.45) is 0.852. The highest BCUT2D eigenvalue weighted by molar-refractivity contribution is 5.75. The lowest BCUT2D eigenvalue weighted by Crippen LogP contribution is -2.14. The molecule has 2 N–H and O–H groups in total. The molecular formula is C15H12FN3. The molecule has 3 nitrogen and oxygen atoms in total. The van der Waals surface area contributed by atoms with Crippen LogP contribution in [0.4, 0.5) is 21.5 Å². The standard InChI is InChI=1S/C15H12FN3/c16-12-2-1-10-5-6-19(15(10)8-12)14-4-3-13(18)7-11(14)9-17/h1-4,7-8H,5-6,18H2. The minimum Gasteiger partial charge on any atom is -0.399 e. The van der Waals surface area contributed by atoms with E-state index in [1.165, 1.54) is 12.1 Å². The predicted molar refractivity (Wildman–Crippen MR) is 72.7 cm³/mol. The fraction of sp³-hybridized carbons (Fsp3) is 0.133.